The van der Waals surface area contributed by atoms with Gasteiger partial charge in [-0.15, -0.1) is 0 Å². The van der Waals surface area contributed by atoms with Gasteiger partial charge in [0.2, 0.25) is 0 Å². The van der Waals surface area contributed by atoms with Crippen molar-refractivity contribution in [2.75, 3.05) is 12.5 Å². The normalized spacial score (nSPS) is 12.2. The van der Waals surface area contributed by atoms with E-state index in [1.807, 2.05) is 35.3 Å². The van der Waals surface area contributed by atoms with E-state index in [4.69, 9.17) is 4.74 Å². The van der Waals surface area contributed by atoms with E-state index in [0.717, 1.165) is 10.2 Å². The van der Waals surface area contributed by atoms with Crippen LogP contribution in [0.5, 0.6) is 5.75 Å². The van der Waals surface area contributed by atoms with Gasteiger partial charge in [-0.05, 0) is 52.7 Å². The summed E-state index contributed by atoms with van der Waals surface area (Å²) in [6, 6.07) is 10.3. The number of benzene rings is 1. The maximum Gasteiger partial charge on any atom is 0.133 e. The molecule has 0 bridgehead atoms. The summed E-state index contributed by atoms with van der Waals surface area (Å²) in [4.78, 5) is 0. The number of ether oxygens (including phenoxy) is 1. The number of aromatic nitrogens is 1. The number of nitrogens with one attached hydrogen (secondary N) is 1. The highest BCUT2D eigenvalue weighted by atomic mass is 79.9. The monoisotopic (exact) mass is 294 g/mol. The molecular weight excluding hydrogens is 280 g/mol. The molecule has 0 saturated heterocycles. The van der Waals surface area contributed by atoms with Crippen LogP contribution in [-0.2, 0) is 0 Å². The van der Waals surface area contributed by atoms with Gasteiger partial charge in [0.25, 0.3) is 0 Å². The summed E-state index contributed by atoms with van der Waals surface area (Å²) >= 11 is 3.49. The molecule has 0 amide bonds. The summed E-state index contributed by atoms with van der Waals surface area (Å²) in [5.74, 6) is 0.849. The van der Waals surface area contributed by atoms with E-state index in [0.29, 0.717) is 0 Å². The van der Waals surface area contributed by atoms with Gasteiger partial charge in [-0.1, -0.05) is 6.07 Å². The molecule has 2 aromatic rings. The molecule has 1 aromatic carbocycles. The number of methoxy groups -OCH3 is 1. The van der Waals surface area contributed by atoms with Gasteiger partial charge in [0.05, 0.1) is 17.6 Å². The van der Waals surface area contributed by atoms with Gasteiger partial charge in [0, 0.05) is 12.4 Å². The zero-order valence-corrected chi connectivity index (χ0v) is 11.4. The Morgan fingerprint density at radius 3 is 2.59 bits per heavy atom. The predicted molar refractivity (Wildman–Crippen MR) is 72.9 cm³/mol. The molecule has 0 aliphatic carbocycles. The fourth-order valence-electron chi connectivity index (χ4n) is 1.67. The molecule has 1 aromatic heterocycles. The second-order valence-corrected chi connectivity index (χ2v) is 4.69. The molecule has 0 aliphatic heterocycles. The van der Waals surface area contributed by atoms with Gasteiger partial charge in [-0.25, -0.2) is 0 Å². The summed E-state index contributed by atoms with van der Waals surface area (Å²) < 4.78 is 8.13. The smallest absolute Gasteiger partial charge is 0.133 e. The van der Waals surface area contributed by atoms with Crippen LogP contribution in [-0.4, -0.2) is 11.8 Å². The Labute approximate surface area is 110 Å². The van der Waals surface area contributed by atoms with Crippen LogP contribution < -0.4 is 10.2 Å². The first-order valence-electron chi connectivity index (χ1n) is 5.43. The van der Waals surface area contributed by atoms with Gasteiger partial charge in [0.15, 0.2) is 0 Å². The standard InChI is InChI=1S/C13H15BrN2O/c1-10(15-16-7-3-4-8-16)11-5-6-13(17-2)12(14)9-11/h3-10,15H,1-2H3. The third kappa shape index (κ3) is 2.82. The number of nitrogens with zero attached hydrogens (tertiary/aromatic N) is 1. The van der Waals surface area contributed by atoms with Crippen LogP contribution in [0.15, 0.2) is 47.2 Å². The first kappa shape index (κ1) is 12.0. The molecule has 1 N–H and O–H groups in total. The van der Waals surface area contributed by atoms with Crippen molar-refractivity contribution >= 4 is 15.9 Å². The Hall–Kier alpha value is -1.42. The predicted octanol–water partition coefficient (Wildman–Crippen LogP) is 3.56. The Morgan fingerprint density at radius 1 is 1.29 bits per heavy atom. The minimum atomic E-state index is 0.226. The van der Waals surface area contributed by atoms with E-state index >= 15 is 0 Å². The molecule has 0 spiro atoms. The quantitative estimate of drug-likeness (QED) is 0.933. The molecule has 4 heteroatoms. The maximum absolute atomic E-state index is 5.21. The van der Waals surface area contributed by atoms with Crippen molar-refractivity contribution in [2.45, 2.75) is 13.0 Å². The van der Waals surface area contributed by atoms with Gasteiger partial charge >= 0.3 is 0 Å². The third-order valence-corrected chi connectivity index (χ3v) is 3.24. The molecule has 17 heavy (non-hydrogen) atoms. The zero-order chi connectivity index (χ0) is 12.3. The third-order valence-electron chi connectivity index (χ3n) is 2.62. The first-order valence-corrected chi connectivity index (χ1v) is 6.23. The van der Waals surface area contributed by atoms with Crippen LogP contribution in [0.25, 0.3) is 0 Å². The largest absolute Gasteiger partial charge is 0.496 e. The van der Waals surface area contributed by atoms with Crippen molar-refractivity contribution in [2.24, 2.45) is 0 Å². The molecule has 1 heterocycles. The van der Waals surface area contributed by atoms with Crippen LogP contribution in [0.1, 0.15) is 18.5 Å². The summed E-state index contributed by atoms with van der Waals surface area (Å²) in [6.45, 7) is 2.12. The van der Waals surface area contributed by atoms with E-state index in [1.54, 1.807) is 7.11 Å². The fourth-order valence-corrected chi connectivity index (χ4v) is 2.23. The molecule has 1 atom stereocenters. The van der Waals surface area contributed by atoms with Crippen molar-refractivity contribution in [1.82, 2.24) is 4.68 Å². The van der Waals surface area contributed by atoms with Crippen LogP contribution in [0.4, 0.5) is 0 Å². The van der Waals surface area contributed by atoms with Gasteiger partial charge in [0.1, 0.15) is 5.75 Å². The number of rotatable bonds is 4. The van der Waals surface area contributed by atoms with E-state index in [2.05, 4.69) is 40.4 Å². The highest BCUT2D eigenvalue weighted by Crippen LogP contribution is 2.28. The molecule has 90 valence electrons. The topological polar surface area (TPSA) is 26.2 Å². The second-order valence-electron chi connectivity index (χ2n) is 3.84. The molecule has 0 fully saturated rings. The lowest BCUT2D eigenvalue weighted by molar-refractivity contribution is 0.412. The maximum atomic E-state index is 5.21. The minimum absolute atomic E-state index is 0.226. The van der Waals surface area contributed by atoms with Crippen molar-refractivity contribution in [3.8, 4) is 5.75 Å². The van der Waals surface area contributed by atoms with Crippen LogP contribution in [0, 0.1) is 0 Å². The number of halogens is 1. The van der Waals surface area contributed by atoms with Crippen molar-refractivity contribution < 1.29 is 4.74 Å². The van der Waals surface area contributed by atoms with Crippen molar-refractivity contribution in [3.05, 3.63) is 52.8 Å². The summed E-state index contributed by atoms with van der Waals surface area (Å²) in [5, 5.41) is 0. The van der Waals surface area contributed by atoms with Crippen LogP contribution >= 0.6 is 15.9 Å². The fraction of sp³-hybridized carbons (Fsp3) is 0.231. The van der Waals surface area contributed by atoms with Crippen LogP contribution in [0.3, 0.4) is 0 Å². The molecule has 0 aliphatic rings. The van der Waals surface area contributed by atoms with E-state index in [-0.39, 0.29) is 6.04 Å². The lowest BCUT2D eigenvalue weighted by atomic mass is 10.1. The van der Waals surface area contributed by atoms with E-state index < -0.39 is 0 Å². The highest BCUT2D eigenvalue weighted by Gasteiger charge is 2.07. The number of hydrogen-bond acceptors (Lipinski definition) is 2. The Kier molecular flexibility index (Phi) is 3.74. The molecule has 3 nitrogen and oxygen atoms in total. The molecule has 2 rings (SSSR count). The number of hydrogen-bond donors (Lipinski definition) is 1. The van der Waals surface area contributed by atoms with Crippen molar-refractivity contribution in [1.29, 1.82) is 0 Å². The van der Waals surface area contributed by atoms with E-state index in [9.17, 15) is 0 Å². The van der Waals surface area contributed by atoms with Gasteiger partial charge in [-0.3, -0.25) is 4.68 Å². The Balaban J connectivity index is 2.14. The Morgan fingerprint density at radius 2 is 2.00 bits per heavy atom. The Bertz CT molecular complexity index is 482. The molecule has 0 saturated carbocycles. The van der Waals surface area contributed by atoms with Crippen molar-refractivity contribution in [3.63, 3.8) is 0 Å². The molecule has 1 unspecified atom stereocenters. The lowest BCUT2D eigenvalue weighted by Crippen LogP contribution is -2.16. The lowest BCUT2D eigenvalue weighted by Gasteiger charge is -2.17. The SMILES string of the molecule is COc1ccc(C(C)Nn2cccc2)cc1Br. The minimum Gasteiger partial charge on any atom is -0.496 e. The van der Waals surface area contributed by atoms with Crippen LogP contribution in [0.2, 0.25) is 0 Å². The highest BCUT2D eigenvalue weighted by molar-refractivity contribution is 9.10. The molecular formula is C13H15BrN2O. The first-order chi connectivity index (χ1) is 8.20. The summed E-state index contributed by atoms with van der Waals surface area (Å²) in [6.07, 6.45) is 3.96. The zero-order valence-electron chi connectivity index (χ0n) is 9.85. The van der Waals surface area contributed by atoms with Gasteiger partial charge in [-0.2, -0.15) is 0 Å². The van der Waals surface area contributed by atoms with Gasteiger partial charge < -0.3 is 10.2 Å². The average Bonchev–Trinajstić information content (AvgIpc) is 2.81. The summed E-state index contributed by atoms with van der Waals surface area (Å²) in [7, 11) is 1.67. The van der Waals surface area contributed by atoms with E-state index in [1.165, 1.54) is 5.56 Å². The average molecular weight is 295 g/mol. The second kappa shape index (κ2) is 5.27. The summed E-state index contributed by atoms with van der Waals surface area (Å²) in [5.41, 5.74) is 4.56. The molecule has 0 radical (unpaired) electrons.